The monoisotopic (exact) mass is 364 g/mol. The van der Waals surface area contributed by atoms with Crippen molar-refractivity contribution in [1.82, 2.24) is 25.1 Å². The highest BCUT2D eigenvalue weighted by molar-refractivity contribution is 7.90. The summed E-state index contributed by atoms with van der Waals surface area (Å²) in [5.74, 6) is 0.615. The maximum absolute atomic E-state index is 12.1. The first-order valence-corrected chi connectivity index (χ1v) is 10.2. The van der Waals surface area contributed by atoms with Gasteiger partial charge in [-0.3, -0.25) is 4.68 Å². The van der Waals surface area contributed by atoms with E-state index in [1.54, 1.807) is 10.9 Å². The number of rotatable bonds is 5. The highest BCUT2D eigenvalue weighted by atomic mass is 32.2. The van der Waals surface area contributed by atoms with Crippen LogP contribution in [0.25, 0.3) is 0 Å². The van der Waals surface area contributed by atoms with Crippen molar-refractivity contribution >= 4 is 15.8 Å². The molecule has 2 aromatic rings. The average molecular weight is 364 g/mol. The van der Waals surface area contributed by atoms with E-state index in [1.165, 1.54) is 12.5 Å². The summed E-state index contributed by atoms with van der Waals surface area (Å²) in [4.78, 5) is 11.1. The predicted molar refractivity (Wildman–Crippen MR) is 95.3 cm³/mol. The number of aromatic nitrogens is 4. The van der Waals surface area contributed by atoms with Crippen LogP contribution in [0.1, 0.15) is 30.0 Å². The summed E-state index contributed by atoms with van der Waals surface area (Å²) in [5, 5.41) is 7.49. The van der Waals surface area contributed by atoms with E-state index in [0.29, 0.717) is 18.2 Å². The quantitative estimate of drug-likeness (QED) is 0.835. The van der Waals surface area contributed by atoms with Crippen molar-refractivity contribution in [2.24, 2.45) is 7.05 Å². The summed E-state index contributed by atoms with van der Waals surface area (Å²) in [6.45, 7) is 2.31. The van der Waals surface area contributed by atoms with Crippen LogP contribution >= 0.6 is 0 Å². The van der Waals surface area contributed by atoms with Gasteiger partial charge in [0, 0.05) is 51.1 Å². The van der Waals surface area contributed by atoms with Gasteiger partial charge in [0.2, 0.25) is 5.95 Å². The number of hydrogen-bond donors (Lipinski definition) is 1. The molecular weight excluding hydrogens is 340 g/mol. The Morgan fingerprint density at radius 1 is 1.40 bits per heavy atom. The molecule has 3 heterocycles. The lowest BCUT2D eigenvalue weighted by Crippen LogP contribution is -2.30. The zero-order valence-electron chi connectivity index (χ0n) is 14.8. The van der Waals surface area contributed by atoms with Crippen LogP contribution in [0.15, 0.2) is 23.5 Å². The molecule has 0 radical (unpaired) electrons. The van der Waals surface area contributed by atoms with E-state index >= 15 is 0 Å². The van der Waals surface area contributed by atoms with Crippen LogP contribution in [0, 0.1) is 0 Å². The summed E-state index contributed by atoms with van der Waals surface area (Å²) in [6.07, 6.45) is 8.34. The van der Waals surface area contributed by atoms with Crippen molar-refractivity contribution in [2.75, 3.05) is 31.3 Å². The zero-order chi connectivity index (χ0) is 18.0. The molecule has 1 N–H and O–H groups in total. The van der Waals surface area contributed by atoms with Crippen LogP contribution in [0.3, 0.4) is 0 Å². The van der Waals surface area contributed by atoms with E-state index in [4.69, 9.17) is 0 Å². The van der Waals surface area contributed by atoms with Crippen LogP contribution in [0.2, 0.25) is 0 Å². The number of hydrogen-bond acceptors (Lipinski definition) is 7. The molecule has 1 atom stereocenters. The third-order valence-electron chi connectivity index (χ3n) is 4.37. The number of anilines is 1. The molecule has 8 nitrogen and oxygen atoms in total. The van der Waals surface area contributed by atoms with Gasteiger partial charge in [-0.1, -0.05) is 0 Å². The van der Waals surface area contributed by atoms with Crippen LogP contribution in [-0.2, 0) is 23.4 Å². The van der Waals surface area contributed by atoms with E-state index in [1.807, 2.05) is 25.2 Å². The molecule has 0 unspecified atom stereocenters. The lowest BCUT2D eigenvalue weighted by molar-refractivity contribution is 0.447. The molecule has 1 aliphatic heterocycles. The molecule has 1 fully saturated rings. The van der Waals surface area contributed by atoms with Crippen molar-refractivity contribution in [2.45, 2.75) is 30.2 Å². The Bertz CT molecular complexity index is 842. The van der Waals surface area contributed by atoms with Gasteiger partial charge in [-0.05, 0) is 19.4 Å². The van der Waals surface area contributed by atoms with Crippen LogP contribution < -0.4 is 10.2 Å². The van der Waals surface area contributed by atoms with Gasteiger partial charge in [0.25, 0.3) is 0 Å². The Kier molecular flexibility index (Phi) is 5.05. The smallest absolute Gasteiger partial charge is 0.225 e. The van der Waals surface area contributed by atoms with Gasteiger partial charge in [0.15, 0.2) is 9.84 Å². The molecule has 136 valence electrons. The van der Waals surface area contributed by atoms with Gasteiger partial charge >= 0.3 is 0 Å². The van der Waals surface area contributed by atoms with E-state index in [9.17, 15) is 8.42 Å². The van der Waals surface area contributed by atoms with E-state index in [0.717, 1.165) is 31.5 Å². The summed E-state index contributed by atoms with van der Waals surface area (Å²) in [5.41, 5.74) is 1.67. The second kappa shape index (κ2) is 7.09. The lowest BCUT2D eigenvalue weighted by Gasteiger charge is -2.25. The maximum Gasteiger partial charge on any atom is 0.225 e. The minimum Gasteiger partial charge on any atom is -0.339 e. The number of sulfone groups is 1. The number of piperidine rings is 1. The third-order valence-corrected chi connectivity index (χ3v) is 5.49. The van der Waals surface area contributed by atoms with Crippen LogP contribution in [0.4, 0.5) is 5.95 Å². The van der Waals surface area contributed by atoms with Crippen LogP contribution in [0.5, 0.6) is 0 Å². The Labute approximate surface area is 148 Å². The Morgan fingerprint density at radius 2 is 2.20 bits per heavy atom. The molecule has 3 rings (SSSR count). The van der Waals surface area contributed by atoms with E-state index in [-0.39, 0.29) is 10.8 Å². The lowest BCUT2D eigenvalue weighted by atomic mass is 9.96. The third kappa shape index (κ3) is 4.16. The van der Waals surface area contributed by atoms with Gasteiger partial charge in [-0.2, -0.15) is 5.10 Å². The summed E-state index contributed by atoms with van der Waals surface area (Å²) in [6, 6.07) is 0. The van der Waals surface area contributed by atoms with Crippen LogP contribution in [-0.4, -0.2) is 54.6 Å². The second-order valence-electron chi connectivity index (χ2n) is 6.61. The minimum atomic E-state index is -3.37. The largest absolute Gasteiger partial charge is 0.339 e. The Balaban J connectivity index is 1.92. The van der Waals surface area contributed by atoms with Crippen molar-refractivity contribution in [3.63, 3.8) is 0 Å². The van der Waals surface area contributed by atoms with E-state index < -0.39 is 9.84 Å². The summed E-state index contributed by atoms with van der Waals surface area (Å²) < 4.78 is 26.0. The molecule has 1 saturated heterocycles. The van der Waals surface area contributed by atoms with Gasteiger partial charge in [0.1, 0.15) is 4.90 Å². The summed E-state index contributed by atoms with van der Waals surface area (Å²) >= 11 is 0. The van der Waals surface area contributed by atoms with Gasteiger partial charge in [-0.15, -0.1) is 0 Å². The Hall–Kier alpha value is -2.00. The number of aryl methyl sites for hydroxylation is 1. The molecule has 0 bridgehead atoms. The van der Waals surface area contributed by atoms with Crippen molar-refractivity contribution in [1.29, 1.82) is 0 Å². The first-order valence-electron chi connectivity index (χ1n) is 8.31. The molecule has 0 amide bonds. The Morgan fingerprint density at radius 3 is 2.80 bits per heavy atom. The number of nitrogens with one attached hydrogen (secondary N) is 1. The fourth-order valence-corrected chi connectivity index (χ4v) is 3.96. The highest BCUT2D eigenvalue weighted by Crippen LogP contribution is 2.28. The molecular formula is C16H24N6O2S. The molecule has 0 saturated carbocycles. The minimum absolute atomic E-state index is 0.0898. The molecule has 9 heteroatoms. The highest BCUT2D eigenvalue weighted by Gasteiger charge is 2.25. The molecule has 0 aromatic carbocycles. The van der Waals surface area contributed by atoms with Gasteiger partial charge in [-0.25, -0.2) is 18.4 Å². The number of nitrogens with zero attached hydrogens (tertiary/aromatic N) is 5. The fourth-order valence-electron chi connectivity index (χ4n) is 3.12. The predicted octanol–water partition coefficient (Wildman–Crippen LogP) is 0.717. The standard InChI is InChI=1S/C16H24N6O2S/c1-21(10-12-7-19-22(2)11-12)16-18-9-14(25(3,23)24)15(20-16)13-5-4-6-17-8-13/h7,9,11,13,17H,4-6,8,10H2,1-3H3/t13-/m0/s1. The molecule has 0 spiro atoms. The molecule has 2 aromatic heterocycles. The van der Waals surface area contributed by atoms with Crippen molar-refractivity contribution < 1.29 is 8.42 Å². The first kappa shape index (κ1) is 17.8. The molecule has 0 aliphatic carbocycles. The second-order valence-corrected chi connectivity index (χ2v) is 8.60. The SMILES string of the molecule is CN(Cc1cnn(C)c1)c1ncc(S(C)(=O)=O)c([C@H]2CCCNC2)n1. The first-order chi connectivity index (χ1) is 11.8. The topological polar surface area (TPSA) is 93.0 Å². The van der Waals surface area contributed by atoms with E-state index in [2.05, 4.69) is 20.4 Å². The van der Waals surface area contributed by atoms with Gasteiger partial charge < -0.3 is 10.2 Å². The molecule has 1 aliphatic rings. The van der Waals surface area contributed by atoms with Gasteiger partial charge in [0.05, 0.1) is 18.1 Å². The maximum atomic E-state index is 12.1. The zero-order valence-corrected chi connectivity index (χ0v) is 15.6. The van der Waals surface area contributed by atoms with Crippen molar-refractivity contribution in [3.8, 4) is 0 Å². The molecule has 25 heavy (non-hydrogen) atoms. The average Bonchev–Trinajstić information content (AvgIpc) is 2.99. The normalized spacial score (nSPS) is 18.3. The summed E-state index contributed by atoms with van der Waals surface area (Å²) in [7, 11) is 0.399. The van der Waals surface area contributed by atoms with Crippen molar-refractivity contribution in [3.05, 3.63) is 29.8 Å². The fraction of sp³-hybridized carbons (Fsp3) is 0.562.